The lowest BCUT2D eigenvalue weighted by Crippen LogP contribution is -1.82. The molecular weight excluding hydrogens is 323 g/mol. The summed E-state index contributed by atoms with van der Waals surface area (Å²) in [5, 5.41) is 4.70. The van der Waals surface area contributed by atoms with Crippen LogP contribution in [0.1, 0.15) is 5.56 Å². The highest BCUT2D eigenvalue weighted by molar-refractivity contribution is 5.87. The molecule has 0 amide bonds. The average Bonchev–Trinajstić information content (AvgIpc) is 3.33. The molecule has 0 atom stereocenters. The molecule has 0 bridgehead atoms. The van der Waals surface area contributed by atoms with E-state index in [1.54, 1.807) is 18.5 Å². The second kappa shape index (κ2) is 5.01. The number of hydrogen-bond acceptors (Lipinski definition) is 5. The van der Waals surface area contributed by atoms with Gasteiger partial charge in [0.15, 0.2) is 17.2 Å². The van der Waals surface area contributed by atoms with Crippen molar-refractivity contribution in [2.45, 2.75) is 6.92 Å². The number of nitrogens with one attached hydrogen (secondary N) is 1. The molecule has 6 nitrogen and oxygen atoms in total. The Morgan fingerprint density at radius 2 is 2.08 bits per heavy atom. The highest BCUT2D eigenvalue weighted by Gasteiger charge is 2.20. The zero-order chi connectivity index (χ0) is 17.0. The van der Waals surface area contributed by atoms with E-state index in [0.717, 1.165) is 22.2 Å². The van der Waals surface area contributed by atoms with Crippen LogP contribution in [0.15, 0.2) is 51.7 Å². The van der Waals surface area contributed by atoms with E-state index in [9.17, 15) is 4.39 Å². The fourth-order valence-corrected chi connectivity index (χ4v) is 2.92. The number of rotatable bonds is 2. The molecule has 3 heterocycles. The molecule has 0 radical (unpaired) electrons. The van der Waals surface area contributed by atoms with Gasteiger partial charge < -0.3 is 13.9 Å². The average molecular weight is 334 g/mol. The maximum atomic E-state index is 13.9. The molecule has 0 aliphatic carbocycles. The number of halogens is 1. The van der Waals surface area contributed by atoms with Crippen LogP contribution in [0, 0.1) is 12.7 Å². The normalized spacial score (nSPS) is 11.6. The Morgan fingerprint density at radius 1 is 1.16 bits per heavy atom. The zero-order valence-electron chi connectivity index (χ0n) is 13.1. The minimum Gasteiger partial charge on any atom is -0.448 e. The van der Waals surface area contributed by atoms with Crippen LogP contribution >= 0.6 is 0 Å². The second-order valence-electron chi connectivity index (χ2n) is 5.73. The number of imidazole rings is 1. The molecule has 7 heteroatoms. The Kier molecular flexibility index (Phi) is 2.79. The fraction of sp³-hybridized carbons (Fsp3) is 0.0556. The van der Waals surface area contributed by atoms with Crippen LogP contribution < -0.4 is 0 Å². The lowest BCUT2D eigenvalue weighted by molar-refractivity contribution is 0.418. The van der Waals surface area contributed by atoms with Crippen LogP contribution in [-0.4, -0.2) is 20.1 Å². The van der Waals surface area contributed by atoms with Crippen molar-refractivity contribution in [3.63, 3.8) is 0 Å². The predicted octanol–water partition coefficient (Wildman–Crippen LogP) is 4.47. The maximum absolute atomic E-state index is 13.9. The summed E-state index contributed by atoms with van der Waals surface area (Å²) in [6.45, 7) is 1.83. The topological polar surface area (TPSA) is 80.7 Å². The lowest BCUT2D eigenvalue weighted by atomic mass is 10.1. The smallest absolute Gasteiger partial charge is 0.294 e. The highest BCUT2D eigenvalue weighted by atomic mass is 19.1. The molecule has 25 heavy (non-hydrogen) atoms. The quantitative estimate of drug-likeness (QED) is 0.515. The van der Waals surface area contributed by atoms with E-state index in [1.807, 2.05) is 25.1 Å². The number of furan rings is 1. The molecular formula is C18H11FN4O2. The van der Waals surface area contributed by atoms with E-state index >= 15 is 0 Å². The summed E-state index contributed by atoms with van der Waals surface area (Å²) in [5.41, 5.74) is 3.47. The summed E-state index contributed by atoms with van der Waals surface area (Å²) in [6.07, 6.45) is 1.63. The molecule has 0 saturated heterocycles. The van der Waals surface area contributed by atoms with E-state index < -0.39 is 5.82 Å². The summed E-state index contributed by atoms with van der Waals surface area (Å²) in [5.74, 6) is 0.595. The lowest BCUT2D eigenvalue weighted by Gasteiger charge is -1.93. The van der Waals surface area contributed by atoms with Crippen molar-refractivity contribution >= 4 is 22.0 Å². The number of H-pyrrole nitrogens is 1. The van der Waals surface area contributed by atoms with Crippen molar-refractivity contribution in [2.75, 3.05) is 0 Å². The fourth-order valence-electron chi connectivity index (χ4n) is 2.92. The summed E-state index contributed by atoms with van der Waals surface area (Å²) in [6, 6.07) is 10.4. The van der Waals surface area contributed by atoms with Crippen molar-refractivity contribution < 1.29 is 13.3 Å². The van der Waals surface area contributed by atoms with Gasteiger partial charge in [-0.3, -0.25) is 0 Å². The molecule has 0 aliphatic heterocycles. The molecule has 0 aliphatic rings. The van der Waals surface area contributed by atoms with Gasteiger partial charge in [0, 0.05) is 16.5 Å². The number of para-hydroxylation sites is 1. The van der Waals surface area contributed by atoms with Gasteiger partial charge in [0.05, 0.1) is 17.4 Å². The van der Waals surface area contributed by atoms with E-state index in [2.05, 4.69) is 20.1 Å². The molecule has 0 fully saturated rings. The monoisotopic (exact) mass is 334 g/mol. The maximum Gasteiger partial charge on any atom is 0.294 e. The van der Waals surface area contributed by atoms with E-state index in [-0.39, 0.29) is 11.5 Å². The molecule has 3 aromatic heterocycles. The zero-order valence-corrected chi connectivity index (χ0v) is 13.1. The van der Waals surface area contributed by atoms with Crippen molar-refractivity contribution in [1.82, 2.24) is 20.1 Å². The number of hydrogen-bond donors (Lipinski definition) is 1. The Morgan fingerprint density at radius 3 is 2.96 bits per heavy atom. The summed E-state index contributed by atoms with van der Waals surface area (Å²) >= 11 is 0. The van der Waals surface area contributed by atoms with Crippen LogP contribution in [-0.2, 0) is 0 Å². The third-order valence-electron chi connectivity index (χ3n) is 4.21. The first-order valence-corrected chi connectivity index (χ1v) is 7.66. The standard InChI is InChI=1S/C18H11FN4O2/c1-9-11-3-2-4-12(19)16(11)24-15(9)18-22-17(23-25-18)10-5-6-13-14(7-10)21-8-20-13/h2-8H,1H3,(H,20,21). The van der Waals surface area contributed by atoms with Crippen LogP contribution in [0.5, 0.6) is 0 Å². The van der Waals surface area contributed by atoms with Gasteiger partial charge in [-0.15, -0.1) is 0 Å². The summed E-state index contributed by atoms with van der Waals surface area (Å²) < 4.78 is 24.9. The number of fused-ring (bicyclic) bond motifs is 2. The molecule has 0 spiro atoms. The van der Waals surface area contributed by atoms with Gasteiger partial charge in [-0.2, -0.15) is 4.98 Å². The van der Waals surface area contributed by atoms with Crippen LogP contribution in [0.2, 0.25) is 0 Å². The number of nitrogens with zero attached hydrogens (tertiary/aromatic N) is 3. The largest absolute Gasteiger partial charge is 0.448 e. The van der Waals surface area contributed by atoms with Gasteiger partial charge >= 0.3 is 0 Å². The number of aromatic amines is 1. The van der Waals surface area contributed by atoms with Crippen molar-refractivity contribution in [2.24, 2.45) is 0 Å². The van der Waals surface area contributed by atoms with E-state index in [1.165, 1.54) is 6.07 Å². The Labute approximate surface area is 140 Å². The highest BCUT2D eigenvalue weighted by Crippen LogP contribution is 2.34. The molecule has 2 aromatic carbocycles. The molecule has 0 unspecified atom stereocenters. The Hall–Kier alpha value is -3.48. The van der Waals surface area contributed by atoms with Crippen molar-refractivity contribution in [1.29, 1.82) is 0 Å². The third kappa shape index (κ3) is 2.06. The first-order valence-electron chi connectivity index (χ1n) is 7.66. The molecule has 1 N–H and O–H groups in total. The Bertz CT molecular complexity index is 1230. The van der Waals surface area contributed by atoms with Gasteiger partial charge in [0.25, 0.3) is 5.89 Å². The minimum atomic E-state index is -0.420. The van der Waals surface area contributed by atoms with Gasteiger partial charge in [-0.25, -0.2) is 9.37 Å². The Balaban J connectivity index is 1.62. The van der Waals surface area contributed by atoms with Crippen molar-refractivity contribution in [3.8, 4) is 23.0 Å². The second-order valence-corrected chi connectivity index (χ2v) is 5.73. The van der Waals surface area contributed by atoms with E-state index in [4.69, 9.17) is 8.94 Å². The number of benzene rings is 2. The number of aromatic nitrogens is 4. The van der Waals surface area contributed by atoms with Crippen LogP contribution in [0.25, 0.3) is 45.0 Å². The molecule has 5 rings (SSSR count). The minimum absolute atomic E-state index is 0.189. The molecule has 5 aromatic rings. The summed E-state index contributed by atoms with van der Waals surface area (Å²) in [4.78, 5) is 11.6. The first kappa shape index (κ1) is 13.9. The van der Waals surface area contributed by atoms with Crippen LogP contribution in [0.3, 0.4) is 0 Å². The molecule has 122 valence electrons. The summed E-state index contributed by atoms with van der Waals surface area (Å²) in [7, 11) is 0. The molecule has 0 saturated carbocycles. The first-order chi connectivity index (χ1) is 12.2. The van der Waals surface area contributed by atoms with Crippen molar-refractivity contribution in [3.05, 3.63) is 54.1 Å². The van der Waals surface area contributed by atoms with Gasteiger partial charge in [-0.05, 0) is 31.2 Å². The third-order valence-corrected chi connectivity index (χ3v) is 4.21. The van der Waals surface area contributed by atoms with Gasteiger partial charge in [0.1, 0.15) is 0 Å². The van der Waals surface area contributed by atoms with Crippen LogP contribution in [0.4, 0.5) is 4.39 Å². The number of aryl methyl sites for hydroxylation is 1. The predicted molar refractivity (Wildman–Crippen MR) is 89.3 cm³/mol. The van der Waals surface area contributed by atoms with Gasteiger partial charge in [-0.1, -0.05) is 17.3 Å². The SMILES string of the molecule is Cc1c(-c2nc(-c3ccc4nc[nH]c4c3)no2)oc2c(F)cccc12. The van der Waals surface area contributed by atoms with Gasteiger partial charge in [0.2, 0.25) is 5.82 Å². The van der Waals surface area contributed by atoms with E-state index in [0.29, 0.717) is 17.0 Å².